The topological polar surface area (TPSA) is 85.2 Å². The maximum atomic E-state index is 5.94. The van der Waals surface area contributed by atoms with E-state index in [2.05, 4.69) is 20.5 Å². The third-order valence-electron chi connectivity index (χ3n) is 3.57. The van der Waals surface area contributed by atoms with Crippen LogP contribution in [0.4, 0.5) is 0 Å². The number of hydrogen-bond acceptors (Lipinski definition) is 4. The van der Waals surface area contributed by atoms with Crippen LogP contribution >= 0.6 is 0 Å². The van der Waals surface area contributed by atoms with E-state index in [4.69, 9.17) is 5.73 Å². The zero-order valence-corrected chi connectivity index (χ0v) is 10.7. The van der Waals surface area contributed by atoms with Gasteiger partial charge < -0.3 is 10.6 Å². The molecule has 0 aliphatic heterocycles. The molecule has 0 saturated heterocycles. The van der Waals surface area contributed by atoms with Crippen molar-refractivity contribution in [3.05, 3.63) is 5.82 Å². The molecule has 0 amide bonds. The average Bonchev–Trinajstić information content (AvgIpc) is 3.25. The van der Waals surface area contributed by atoms with Crippen LogP contribution in [0.1, 0.15) is 31.5 Å². The molecule has 0 spiro atoms. The largest absolute Gasteiger partial charge is 0.370 e. The second kappa shape index (κ2) is 4.55. The Kier molecular flexibility index (Phi) is 2.89. The fourth-order valence-electron chi connectivity index (χ4n) is 1.94. The number of guanidine groups is 1. The highest BCUT2D eigenvalue weighted by Gasteiger charge is 2.27. The predicted molar refractivity (Wildman–Crippen MR) is 66.7 cm³/mol. The molecule has 0 bridgehead atoms. The summed E-state index contributed by atoms with van der Waals surface area (Å²) in [5.41, 5.74) is 5.94. The lowest BCUT2D eigenvalue weighted by atomic mass is 10.4. The second-order valence-electron chi connectivity index (χ2n) is 5.24. The fraction of sp³-hybridized carbons (Fsp3) is 0.818. The normalized spacial score (nSPS) is 20.2. The molecule has 1 aromatic heterocycles. The van der Waals surface area contributed by atoms with Crippen molar-refractivity contribution in [1.82, 2.24) is 25.1 Å². The summed E-state index contributed by atoms with van der Waals surface area (Å²) in [5, 5.41) is 11.7. The van der Waals surface area contributed by atoms with Crippen LogP contribution in [0.5, 0.6) is 0 Å². The van der Waals surface area contributed by atoms with Crippen molar-refractivity contribution in [3.8, 4) is 0 Å². The van der Waals surface area contributed by atoms with E-state index in [1.165, 1.54) is 25.7 Å². The van der Waals surface area contributed by atoms with Crippen molar-refractivity contribution >= 4 is 5.96 Å². The Bertz CT molecular complexity index is 444. The molecule has 7 heteroatoms. The summed E-state index contributed by atoms with van der Waals surface area (Å²) in [5.74, 6) is 2.13. The fourth-order valence-corrected chi connectivity index (χ4v) is 1.94. The van der Waals surface area contributed by atoms with Gasteiger partial charge in [0.25, 0.3) is 0 Å². The molecule has 0 aromatic carbocycles. The smallest absolute Gasteiger partial charge is 0.191 e. The number of nitrogens with zero attached hydrogens (tertiary/aromatic N) is 6. The Morgan fingerprint density at radius 1 is 1.44 bits per heavy atom. The van der Waals surface area contributed by atoms with Crippen LogP contribution in [0.15, 0.2) is 4.99 Å². The molecule has 3 rings (SSSR count). The van der Waals surface area contributed by atoms with E-state index in [1.54, 1.807) is 0 Å². The number of tetrazole rings is 1. The highest BCUT2D eigenvalue weighted by Crippen LogP contribution is 2.30. The summed E-state index contributed by atoms with van der Waals surface area (Å²) in [7, 11) is 1.99. The Balaban J connectivity index is 1.60. The van der Waals surface area contributed by atoms with Crippen LogP contribution in [0.25, 0.3) is 0 Å². The number of hydrogen-bond donors (Lipinski definition) is 1. The molecule has 2 fully saturated rings. The van der Waals surface area contributed by atoms with E-state index in [1.807, 2.05) is 16.6 Å². The molecule has 0 radical (unpaired) electrons. The monoisotopic (exact) mass is 249 g/mol. The molecule has 98 valence electrons. The third-order valence-corrected chi connectivity index (χ3v) is 3.57. The lowest BCUT2D eigenvalue weighted by Gasteiger charge is -2.16. The summed E-state index contributed by atoms with van der Waals surface area (Å²) in [6.07, 6.45) is 5.00. The van der Waals surface area contributed by atoms with Crippen molar-refractivity contribution in [3.63, 3.8) is 0 Å². The van der Waals surface area contributed by atoms with Crippen LogP contribution in [-0.2, 0) is 13.1 Å². The van der Waals surface area contributed by atoms with Crippen LogP contribution in [0.3, 0.4) is 0 Å². The van der Waals surface area contributed by atoms with Gasteiger partial charge in [-0.1, -0.05) is 0 Å². The summed E-state index contributed by atoms with van der Waals surface area (Å²) in [4.78, 5) is 6.41. The van der Waals surface area contributed by atoms with Crippen molar-refractivity contribution in [2.45, 2.75) is 44.8 Å². The number of aromatic nitrogens is 4. The minimum atomic E-state index is 0.461. The quantitative estimate of drug-likeness (QED) is 0.586. The Labute approximate surface area is 106 Å². The standard InChI is InChI=1S/C11H19N7/c1-17(9-4-5-9)11(12)13-6-10-14-15-16-18(10)7-8-2-3-8/h8-9H,2-7H2,1H3,(H2,12,13). The number of aliphatic imine (C=N–C) groups is 1. The molecular formula is C11H19N7. The van der Waals surface area contributed by atoms with Crippen LogP contribution in [0.2, 0.25) is 0 Å². The molecule has 2 saturated carbocycles. The summed E-state index contributed by atoms with van der Waals surface area (Å²) < 4.78 is 1.85. The van der Waals surface area contributed by atoms with Gasteiger partial charge in [0, 0.05) is 19.6 Å². The summed E-state index contributed by atoms with van der Waals surface area (Å²) in [6.45, 7) is 1.37. The molecular weight excluding hydrogens is 230 g/mol. The predicted octanol–water partition coefficient (Wildman–Crippen LogP) is -0.00800. The number of nitrogens with two attached hydrogens (primary N) is 1. The number of rotatable bonds is 5. The van der Waals surface area contributed by atoms with Gasteiger partial charge in [-0.05, 0) is 42.0 Å². The minimum absolute atomic E-state index is 0.461. The first kappa shape index (κ1) is 11.4. The van der Waals surface area contributed by atoms with E-state index in [-0.39, 0.29) is 0 Å². The van der Waals surface area contributed by atoms with E-state index in [0.717, 1.165) is 18.3 Å². The highest BCUT2D eigenvalue weighted by molar-refractivity contribution is 5.78. The lowest BCUT2D eigenvalue weighted by molar-refractivity contribution is 0.484. The van der Waals surface area contributed by atoms with Gasteiger partial charge in [0.2, 0.25) is 0 Å². The SMILES string of the molecule is CN(C(N)=NCc1nnnn1CC1CC1)C1CC1. The third kappa shape index (κ3) is 2.60. The zero-order valence-electron chi connectivity index (χ0n) is 10.7. The van der Waals surface area contributed by atoms with Gasteiger partial charge in [-0.3, -0.25) is 0 Å². The maximum Gasteiger partial charge on any atom is 0.191 e. The van der Waals surface area contributed by atoms with Gasteiger partial charge in [-0.2, -0.15) is 0 Å². The highest BCUT2D eigenvalue weighted by atomic mass is 15.5. The van der Waals surface area contributed by atoms with Gasteiger partial charge in [0.05, 0.1) is 0 Å². The van der Waals surface area contributed by atoms with Crippen molar-refractivity contribution < 1.29 is 0 Å². The van der Waals surface area contributed by atoms with E-state index >= 15 is 0 Å². The molecule has 7 nitrogen and oxygen atoms in total. The first-order chi connectivity index (χ1) is 8.74. The van der Waals surface area contributed by atoms with Crippen molar-refractivity contribution in [1.29, 1.82) is 0 Å². The summed E-state index contributed by atoms with van der Waals surface area (Å²) in [6, 6.07) is 0.580. The van der Waals surface area contributed by atoms with Gasteiger partial charge in [0.1, 0.15) is 6.54 Å². The van der Waals surface area contributed by atoms with E-state index in [0.29, 0.717) is 18.5 Å². The minimum Gasteiger partial charge on any atom is -0.370 e. The van der Waals surface area contributed by atoms with Crippen LogP contribution in [-0.4, -0.2) is 44.2 Å². The van der Waals surface area contributed by atoms with Crippen LogP contribution in [0, 0.1) is 5.92 Å². The van der Waals surface area contributed by atoms with E-state index < -0.39 is 0 Å². The van der Waals surface area contributed by atoms with Crippen LogP contribution < -0.4 is 5.73 Å². The first-order valence-corrected chi connectivity index (χ1v) is 6.52. The summed E-state index contributed by atoms with van der Waals surface area (Å²) >= 11 is 0. The Hall–Kier alpha value is -1.66. The Morgan fingerprint density at radius 2 is 2.22 bits per heavy atom. The van der Waals surface area contributed by atoms with Crippen molar-refractivity contribution in [2.24, 2.45) is 16.6 Å². The van der Waals surface area contributed by atoms with Gasteiger partial charge in [-0.25, -0.2) is 9.67 Å². The zero-order chi connectivity index (χ0) is 12.5. The molecule has 18 heavy (non-hydrogen) atoms. The molecule has 1 aromatic rings. The van der Waals surface area contributed by atoms with Gasteiger partial charge >= 0.3 is 0 Å². The average molecular weight is 249 g/mol. The second-order valence-corrected chi connectivity index (χ2v) is 5.24. The molecule has 0 unspecified atom stereocenters. The van der Waals surface area contributed by atoms with Gasteiger partial charge in [-0.15, -0.1) is 5.10 Å². The molecule has 0 atom stereocenters. The first-order valence-electron chi connectivity index (χ1n) is 6.52. The lowest BCUT2D eigenvalue weighted by Crippen LogP contribution is -2.35. The molecule has 2 aliphatic rings. The Morgan fingerprint density at radius 3 is 2.89 bits per heavy atom. The molecule has 2 N–H and O–H groups in total. The molecule has 2 aliphatic carbocycles. The maximum absolute atomic E-state index is 5.94. The van der Waals surface area contributed by atoms with Crippen molar-refractivity contribution in [2.75, 3.05) is 7.05 Å². The van der Waals surface area contributed by atoms with E-state index in [9.17, 15) is 0 Å². The molecule has 1 heterocycles. The van der Waals surface area contributed by atoms with Gasteiger partial charge in [0.15, 0.2) is 11.8 Å².